The highest BCUT2D eigenvalue weighted by Gasteiger charge is 2.34. The molecule has 6 nitrogen and oxygen atoms in total. The molecule has 120 valence electrons. The lowest BCUT2D eigenvalue weighted by Gasteiger charge is -2.36. The molecule has 1 aliphatic carbocycles. The topological polar surface area (TPSA) is 82.7 Å². The highest BCUT2D eigenvalue weighted by Crippen LogP contribution is 2.30. The number of rotatable bonds is 5. The van der Waals surface area contributed by atoms with Gasteiger partial charge in [0.2, 0.25) is 5.89 Å². The second-order valence-corrected chi connectivity index (χ2v) is 5.38. The van der Waals surface area contributed by atoms with E-state index in [1.807, 2.05) is 20.8 Å². The van der Waals surface area contributed by atoms with Crippen molar-refractivity contribution < 1.29 is 9.52 Å². The molecule has 0 spiro atoms. The number of aromatic nitrogens is 1. The average molecular weight is 408 g/mol. The first kappa shape index (κ1) is 18.2. The lowest BCUT2D eigenvalue weighted by atomic mass is 9.80. The number of halogens is 1. The highest BCUT2D eigenvalue weighted by molar-refractivity contribution is 14.0. The molecule has 0 atom stereocenters. The first-order valence-corrected chi connectivity index (χ1v) is 7.20. The van der Waals surface area contributed by atoms with Gasteiger partial charge in [-0.05, 0) is 40.0 Å². The summed E-state index contributed by atoms with van der Waals surface area (Å²) >= 11 is 0. The highest BCUT2D eigenvalue weighted by atomic mass is 127. The van der Waals surface area contributed by atoms with Gasteiger partial charge < -0.3 is 20.2 Å². The van der Waals surface area contributed by atoms with E-state index in [0.29, 0.717) is 24.9 Å². The van der Waals surface area contributed by atoms with Gasteiger partial charge in [-0.25, -0.2) is 9.98 Å². The minimum absolute atomic E-state index is 0. The second kappa shape index (κ2) is 7.98. The van der Waals surface area contributed by atoms with Gasteiger partial charge in [-0.1, -0.05) is 0 Å². The summed E-state index contributed by atoms with van der Waals surface area (Å²) in [5, 5.41) is 16.4. The van der Waals surface area contributed by atoms with Gasteiger partial charge in [-0.3, -0.25) is 0 Å². The Morgan fingerprint density at radius 3 is 2.57 bits per heavy atom. The minimum atomic E-state index is -0.563. The zero-order chi connectivity index (χ0) is 14.6. The van der Waals surface area contributed by atoms with Gasteiger partial charge in [0.25, 0.3) is 0 Å². The number of aliphatic hydroxyl groups is 1. The first-order valence-electron chi connectivity index (χ1n) is 7.20. The van der Waals surface area contributed by atoms with Crippen molar-refractivity contribution in [2.45, 2.75) is 52.2 Å². The third kappa shape index (κ3) is 5.14. The van der Waals surface area contributed by atoms with E-state index in [2.05, 4.69) is 20.6 Å². The Hall–Kier alpha value is -0.830. The van der Waals surface area contributed by atoms with Crippen molar-refractivity contribution in [3.05, 3.63) is 17.3 Å². The van der Waals surface area contributed by atoms with Gasteiger partial charge >= 0.3 is 0 Å². The SMILES string of the molecule is CCNC(=NCc1nc(C)c(C)o1)NCC1(O)CCC1.I. The fourth-order valence-corrected chi connectivity index (χ4v) is 2.11. The zero-order valence-corrected chi connectivity index (χ0v) is 15.2. The molecule has 21 heavy (non-hydrogen) atoms. The number of hydrogen-bond acceptors (Lipinski definition) is 4. The maximum Gasteiger partial charge on any atom is 0.216 e. The summed E-state index contributed by atoms with van der Waals surface area (Å²) in [7, 11) is 0. The van der Waals surface area contributed by atoms with Crippen LogP contribution in [0.4, 0.5) is 0 Å². The van der Waals surface area contributed by atoms with Crippen LogP contribution in [0.2, 0.25) is 0 Å². The normalized spacial score (nSPS) is 16.9. The number of nitrogens with one attached hydrogen (secondary N) is 2. The van der Waals surface area contributed by atoms with Crippen molar-refractivity contribution in [1.29, 1.82) is 0 Å². The molecular weight excluding hydrogens is 383 g/mol. The van der Waals surface area contributed by atoms with Crippen LogP contribution >= 0.6 is 24.0 Å². The summed E-state index contributed by atoms with van der Waals surface area (Å²) in [5.74, 6) is 2.12. The van der Waals surface area contributed by atoms with E-state index < -0.39 is 5.60 Å². The van der Waals surface area contributed by atoms with Gasteiger partial charge in [-0.2, -0.15) is 0 Å². The van der Waals surface area contributed by atoms with Crippen molar-refractivity contribution in [2.24, 2.45) is 4.99 Å². The Morgan fingerprint density at radius 1 is 1.38 bits per heavy atom. The molecule has 1 aromatic rings. The number of aryl methyl sites for hydroxylation is 2. The third-order valence-electron chi connectivity index (χ3n) is 3.66. The van der Waals surface area contributed by atoms with Crippen LogP contribution in [0.5, 0.6) is 0 Å². The maximum atomic E-state index is 10.1. The molecule has 1 aliphatic rings. The van der Waals surface area contributed by atoms with E-state index in [4.69, 9.17) is 4.42 Å². The molecule has 0 saturated heterocycles. The lowest BCUT2D eigenvalue weighted by Crippen LogP contribution is -2.50. The monoisotopic (exact) mass is 408 g/mol. The largest absolute Gasteiger partial charge is 0.444 e. The summed E-state index contributed by atoms with van der Waals surface area (Å²) in [6.07, 6.45) is 2.82. The fraction of sp³-hybridized carbons (Fsp3) is 0.714. The zero-order valence-electron chi connectivity index (χ0n) is 12.9. The number of hydrogen-bond donors (Lipinski definition) is 3. The summed E-state index contributed by atoms with van der Waals surface area (Å²) < 4.78 is 5.50. The van der Waals surface area contributed by atoms with Gasteiger partial charge in [0.05, 0.1) is 11.3 Å². The molecule has 2 rings (SSSR count). The van der Waals surface area contributed by atoms with Crippen LogP contribution in [0.25, 0.3) is 0 Å². The molecule has 1 heterocycles. The predicted octanol–water partition coefficient (Wildman–Crippen LogP) is 1.88. The summed E-state index contributed by atoms with van der Waals surface area (Å²) in [6, 6.07) is 0. The van der Waals surface area contributed by atoms with Crippen molar-refractivity contribution in [3.63, 3.8) is 0 Å². The van der Waals surface area contributed by atoms with E-state index >= 15 is 0 Å². The quantitative estimate of drug-likeness (QED) is 0.394. The van der Waals surface area contributed by atoms with Gasteiger partial charge in [0, 0.05) is 13.1 Å². The number of aliphatic imine (C=N–C) groups is 1. The molecule has 0 amide bonds. The van der Waals surface area contributed by atoms with Crippen LogP contribution in [-0.2, 0) is 6.54 Å². The molecule has 0 unspecified atom stereocenters. The summed E-state index contributed by atoms with van der Waals surface area (Å²) in [4.78, 5) is 8.73. The van der Waals surface area contributed by atoms with Crippen molar-refractivity contribution >= 4 is 29.9 Å². The van der Waals surface area contributed by atoms with Crippen molar-refractivity contribution in [2.75, 3.05) is 13.1 Å². The standard InChI is InChI=1S/C14H24N4O2.HI/c1-4-15-13(17-9-14(19)6-5-7-14)16-8-12-18-10(2)11(3)20-12;/h19H,4-9H2,1-3H3,(H2,15,16,17);1H. The molecule has 1 saturated carbocycles. The van der Waals surface area contributed by atoms with Crippen molar-refractivity contribution in [3.8, 4) is 0 Å². The van der Waals surface area contributed by atoms with Crippen LogP contribution in [-0.4, -0.2) is 34.7 Å². The average Bonchev–Trinajstić information content (AvgIpc) is 2.70. The van der Waals surface area contributed by atoms with E-state index in [9.17, 15) is 5.11 Å². The second-order valence-electron chi connectivity index (χ2n) is 5.38. The molecule has 0 aromatic carbocycles. The molecule has 3 N–H and O–H groups in total. The van der Waals surface area contributed by atoms with E-state index in [-0.39, 0.29) is 24.0 Å². The van der Waals surface area contributed by atoms with Crippen LogP contribution < -0.4 is 10.6 Å². The summed E-state index contributed by atoms with van der Waals surface area (Å²) in [5.41, 5.74) is 0.337. The Labute approximate surface area is 142 Å². The summed E-state index contributed by atoms with van der Waals surface area (Å²) in [6.45, 7) is 7.51. The lowest BCUT2D eigenvalue weighted by molar-refractivity contribution is -0.0279. The third-order valence-corrected chi connectivity index (χ3v) is 3.66. The molecule has 0 radical (unpaired) electrons. The van der Waals surface area contributed by atoms with Gasteiger partial charge in [0.1, 0.15) is 12.3 Å². The van der Waals surface area contributed by atoms with Crippen LogP contribution in [0.1, 0.15) is 43.5 Å². The van der Waals surface area contributed by atoms with E-state index in [0.717, 1.165) is 37.3 Å². The number of oxazole rings is 1. The van der Waals surface area contributed by atoms with Crippen LogP contribution in [0.3, 0.4) is 0 Å². The first-order chi connectivity index (χ1) is 9.52. The maximum absolute atomic E-state index is 10.1. The van der Waals surface area contributed by atoms with Crippen molar-refractivity contribution in [1.82, 2.24) is 15.6 Å². The Kier molecular flexibility index (Phi) is 6.92. The minimum Gasteiger partial charge on any atom is -0.444 e. The Balaban J connectivity index is 0.00000220. The van der Waals surface area contributed by atoms with E-state index in [1.165, 1.54) is 0 Å². The molecule has 1 fully saturated rings. The van der Waals surface area contributed by atoms with Gasteiger partial charge in [-0.15, -0.1) is 24.0 Å². The Bertz CT molecular complexity index is 464. The molecule has 7 heteroatoms. The Morgan fingerprint density at radius 2 is 2.10 bits per heavy atom. The fourth-order valence-electron chi connectivity index (χ4n) is 2.11. The number of guanidine groups is 1. The molecule has 0 aliphatic heterocycles. The number of nitrogens with zero attached hydrogens (tertiary/aromatic N) is 2. The smallest absolute Gasteiger partial charge is 0.216 e. The van der Waals surface area contributed by atoms with Gasteiger partial charge in [0.15, 0.2) is 5.96 Å². The van der Waals surface area contributed by atoms with Crippen LogP contribution in [0.15, 0.2) is 9.41 Å². The van der Waals surface area contributed by atoms with E-state index in [1.54, 1.807) is 0 Å². The molecular formula is C14H25IN4O2. The molecule has 0 bridgehead atoms. The van der Waals surface area contributed by atoms with Crippen LogP contribution in [0, 0.1) is 13.8 Å². The predicted molar refractivity (Wildman–Crippen MR) is 93.0 cm³/mol. The molecule has 1 aromatic heterocycles.